The van der Waals surface area contributed by atoms with Crippen LogP contribution in [0.1, 0.15) is 5.69 Å². The summed E-state index contributed by atoms with van der Waals surface area (Å²) in [6, 6.07) is 2.46. The number of aryl methyl sites for hydroxylation is 1. The quantitative estimate of drug-likeness (QED) is 0.792. The van der Waals surface area contributed by atoms with Gasteiger partial charge in [0.1, 0.15) is 17.5 Å². The van der Waals surface area contributed by atoms with Gasteiger partial charge in [0, 0.05) is 17.5 Å². The van der Waals surface area contributed by atoms with Crippen LogP contribution in [0.15, 0.2) is 22.8 Å². The normalized spacial score (nSPS) is 10.7. The number of nitrogens with zero attached hydrogens (tertiary/aromatic N) is 1. The Hall–Kier alpha value is -1.23. The number of aromatic amines is 1. The van der Waals surface area contributed by atoms with Crippen molar-refractivity contribution in [1.82, 2.24) is 9.97 Å². The molecule has 2 nitrogen and oxygen atoms in total. The first kappa shape index (κ1) is 10.3. The highest BCUT2D eigenvalue weighted by atomic mass is 79.9. The lowest BCUT2D eigenvalue weighted by Crippen LogP contribution is -1.88. The average Bonchev–Trinajstić information content (AvgIpc) is 2.60. The molecule has 1 N–H and O–H groups in total. The fraction of sp³-hybridized carbons (Fsp3) is 0.100. The van der Waals surface area contributed by atoms with Gasteiger partial charge in [-0.15, -0.1) is 0 Å². The summed E-state index contributed by atoms with van der Waals surface area (Å²) in [5.41, 5.74) is 1.23. The summed E-state index contributed by atoms with van der Waals surface area (Å²) >= 11 is 2.81. The lowest BCUT2D eigenvalue weighted by Gasteiger charge is -2.00. The third-order valence-electron chi connectivity index (χ3n) is 1.96. The highest BCUT2D eigenvalue weighted by Crippen LogP contribution is 2.25. The standard InChI is InChI=1S/C10H7BrF2N2/c1-5-4-14-10(15-5)6-2-7(12)9(11)8(13)3-6/h2-4H,1H3,(H,14,15). The van der Waals surface area contributed by atoms with E-state index in [1.807, 2.05) is 6.92 Å². The number of halogens is 3. The van der Waals surface area contributed by atoms with Crippen LogP contribution < -0.4 is 0 Å². The number of hydrogen-bond acceptors (Lipinski definition) is 1. The maximum Gasteiger partial charge on any atom is 0.141 e. The highest BCUT2D eigenvalue weighted by Gasteiger charge is 2.10. The molecule has 1 aromatic carbocycles. The predicted octanol–water partition coefficient (Wildman–Crippen LogP) is 3.43. The van der Waals surface area contributed by atoms with Gasteiger partial charge in [0.15, 0.2) is 0 Å². The molecule has 1 heterocycles. The van der Waals surface area contributed by atoms with E-state index < -0.39 is 11.6 Å². The van der Waals surface area contributed by atoms with Crippen molar-refractivity contribution in [2.24, 2.45) is 0 Å². The van der Waals surface area contributed by atoms with Crippen LogP contribution in [0.25, 0.3) is 11.4 Å². The third kappa shape index (κ3) is 1.92. The van der Waals surface area contributed by atoms with Crippen molar-refractivity contribution in [2.45, 2.75) is 6.92 Å². The van der Waals surface area contributed by atoms with E-state index in [4.69, 9.17) is 0 Å². The second kappa shape index (κ2) is 3.73. The number of H-pyrrole nitrogens is 1. The molecule has 0 atom stereocenters. The Labute approximate surface area is 93.5 Å². The summed E-state index contributed by atoms with van der Waals surface area (Å²) in [5, 5.41) is 0. The van der Waals surface area contributed by atoms with Crippen molar-refractivity contribution >= 4 is 15.9 Å². The number of benzene rings is 1. The van der Waals surface area contributed by atoms with Gasteiger partial charge < -0.3 is 4.98 Å². The fourth-order valence-electron chi connectivity index (χ4n) is 1.25. The van der Waals surface area contributed by atoms with Crippen molar-refractivity contribution in [3.63, 3.8) is 0 Å². The molecule has 0 saturated carbocycles. The molecule has 0 radical (unpaired) electrons. The van der Waals surface area contributed by atoms with Crippen LogP contribution in [0, 0.1) is 18.6 Å². The van der Waals surface area contributed by atoms with Gasteiger partial charge in [-0.2, -0.15) is 0 Å². The molecule has 0 amide bonds. The molecule has 78 valence electrons. The minimum Gasteiger partial charge on any atom is -0.342 e. The summed E-state index contributed by atoms with van der Waals surface area (Å²) in [7, 11) is 0. The average molecular weight is 273 g/mol. The summed E-state index contributed by atoms with van der Waals surface area (Å²) in [6.07, 6.45) is 1.60. The predicted molar refractivity (Wildman–Crippen MR) is 56.4 cm³/mol. The maximum atomic E-state index is 13.2. The molecular weight excluding hydrogens is 266 g/mol. The van der Waals surface area contributed by atoms with Crippen LogP contribution in [0.3, 0.4) is 0 Å². The minimum absolute atomic E-state index is 0.158. The Balaban J connectivity index is 2.55. The van der Waals surface area contributed by atoms with Gasteiger partial charge in [0.05, 0.1) is 4.47 Å². The molecule has 0 saturated heterocycles. The topological polar surface area (TPSA) is 28.7 Å². The molecule has 0 spiro atoms. The zero-order valence-electron chi connectivity index (χ0n) is 7.81. The molecule has 15 heavy (non-hydrogen) atoms. The maximum absolute atomic E-state index is 13.2. The van der Waals surface area contributed by atoms with E-state index in [1.54, 1.807) is 6.20 Å². The van der Waals surface area contributed by atoms with Gasteiger partial charge in [0.25, 0.3) is 0 Å². The number of imidazole rings is 1. The van der Waals surface area contributed by atoms with Crippen LogP contribution >= 0.6 is 15.9 Å². The molecule has 2 aromatic rings. The Morgan fingerprint density at radius 2 is 1.87 bits per heavy atom. The molecular formula is C10H7BrF2N2. The summed E-state index contributed by atoms with van der Waals surface area (Å²) in [4.78, 5) is 6.90. The fourth-order valence-corrected chi connectivity index (χ4v) is 1.48. The van der Waals surface area contributed by atoms with Crippen molar-refractivity contribution in [1.29, 1.82) is 0 Å². The van der Waals surface area contributed by atoms with Crippen molar-refractivity contribution in [3.8, 4) is 11.4 Å². The van der Waals surface area contributed by atoms with Gasteiger partial charge in [-0.3, -0.25) is 0 Å². The number of hydrogen-bond donors (Lipinski definition) is 1. The summed E-state index contributed by atoms with van der Waals surface area (Å²) < 4.78 is 26.3. The Morgan fingerprint density at radius 1 is 1.27 bits per heavy atom. The van der Waals surface area contributed by atoms with E-state index in [1.165, 1.54) is 12.1 Å². The third-order valence-corrected chi connectivity index (χ3v) is 2.72. The second-order valence-corrected chi connectivity index (χ2v) is 3.96. The van der Waals surface area contributed by atoms with E-state index in [2.05, 4.69) is 25.9 Å². The van der Waals surface area contributed by atoms with Gasteiger partial charge in [-0.05, 0) is 35.0 Å². The molecule has 0 unspecified atom stereocenters. The van der Waals surface area contributed by atoms with Gasteiger partial charge in [-0.1, -0.05) is 0 Å². The van der Waals surface area contributed by atoms with E-state index in [9.17, 15) is 8.78 Å². The first-order valence-electron chi connectivity index (χ1n) is 4.24. The first-order chi connectivity index (χ1) is 7.08. The van der Waals surface area contributed by atoms with Crippen molar-refractivity contribution < 1.29 is 8.78 Å². The van der Waals surface area contributed by atoms with Crippen LogP contribution in [0.2, 0.25) is 0 Å². The zero-order chi connectivity index (χ0) is 11.0. The van der Waals surface area contributed by atoms with E-state index in [-0.39, 0.29) is 4.47 Å². The van der Waals surface area contributed by atoms with Gasteiger partial charge in [0.2, 0.25) is 0 Å². The van der Waals surface area contributed by atoms with Crippen LogP contribution in [0.4, 0.5) is 8.78 Å². The Morgan fingerprint density at radius 3 is 2.33 bits per heavy atom. The molecule has 0 bridgehead atoms. The van der Waals surface area contributed by atoms with Crippen LogP contribution in [0.5, 0.6) is 0 Å². The molecule has 5 heteroatoms. The lowest BCUT2D eigenvalue weighted by atomic mass is 10.2. The largest absolute Gasteiger partial charge is 0.342 e. The Bertz CT molecular complexity index is 485. The van der Waals surface area contributed by atoms with E-state index in [0.29, 0.717) is 11.4 Å². The molecule has 0 fully saturated rings. The number of rotatable bonds is 1. The molecule has 0 aliphatic carbocycles. The van der Waals surface area contributed by atoms with Gasteiger partial charge in [-0.25, -0.2) is 13.8 Å². The molecule has 1 aromatic heterocycles. The monoisotopic (exact) mass is 272 g/mol. The minimum atomic E-state index is -0.640. The molecule has 0 aliphatic heterocycles. The Kier molecular flexibility index (Phi) is 2.56. The second-order valence-electron chi connectivity index (χ2n) is 3.17. The molecule has 0 aliphatic rings. The first-order valence-corrected chi connectivity index (χ1v) is 5.04. The SMILES string of the molecule is Cc1cnc(-c2cc(F)c(Br)c(F)c2)[nH]1. The van der Waals surface area contributed by atoms with E-state index in [0.717, 1.165) is 5.69 Å². The lowest BCUT2D eigenvalue weighted by molar-refractivity contribution is 0.572. The number of aromatic nitrogens is 2. The zero-order valence-corrected chi connectivity index (χ0v) is 9.40. The highest BCUT2D eigenvalue weighted by molar-refractivity contribution is 9.10. The smallest absolute Gasteiger partial charge is 0.141 e. The van der Waals surface area contributed by atoms with Crippen LogP contribution in [-0.4, -0.2) is 9.97 Å². The summed E-state index contributed by atoms with van der Waals surface area (Å²) in [5.74, 6) is -0.823. The van der Waals surface area contributed by atoms with Gasteiger partial charge >= 0.3 is 0 Å². The molecule has 2 rings (SSSR count). The summed E-state index contributed by atoms with van der Waals surface area (Å²) in [6.45, 7) is 1.82. The van der Waals surface area contributed by atoms with Crippen LogP contribution in [-0.2, 0) is 0 Å². The van der Waals surface area contributed by atoms with E-state index >= 15 is 0 Å². The number of nitrogens with one attached hydrogen (secondary N) is 1. The van der Waals surface area contributed by atoms with Crippen molar-refractivity contribution in [3.05, 3.63) is 40.1 Å². The van der Waals surface area contributed by atoms with Crippen molar-refractivity contribution in [2.75, 3.05) is 0 Å².